The highest BCUT2D eigenvalue weighted by Crippen LogP contribution is 2.12. The van der Waals surface area contributed by atoms with Crippen LogP contribution in [-0.4, -0.2) is 41.8 Å². The van der Waals surface area contributed by atoms with Crippen LogP contribution in [0.5, 0.6) is 5.75 Å². The average Bonchev–Trinajstić information content (AvgIpc) is 2.70. The standard InChI is InChI=1S/C21H22ClN3O5/c1-13(2)19(24-20(28)15-4-3-5-16(22)10-15)21(29)25-23-11-14-6-8-17(9-7-14)30-12-18(26)27/h3-11,13,19H,12H2,1-2H3,(H,24,28)(H,25,29)(H,26,27)/b23-11+. The van der Waals surface area contributed by atoms with E-state index in [4.69, 9.17) is 21.4 Å². The fourth-order valence-electron chi connectivity index (χ4n) is 2.42. The van der Waals surface area contributed by atoms with Crippen molar-refractivity contribution in [1.29, 1.82) is 0 Å². The number of rotatable bonds is 9. The lowest BCUT2D eigenvalue weighted by atomic mass is 10.0. The lowest BCUT2D eigenvalue weighted by Gasteiger charge is -2.20. The van der Waals surface area contributed by atoms with E-state index in [1.54, 1.807) is 42.5 Å². The second kappa shape index (κ2) is 11.0. The van der Waals surface area contributed by atoms with Gasteiger partial charge in [-0.15, -0.1) is 0 Å². The molecule has 8 nitrogen and oxygen atoms in total. The van der Waals surface area contributed by atoms with E-state index in [0.717, 1.165) is 0 Å². The fraction of sp³-hybridized carbons (Fsp3) is 0.238. The van der Waals surface area contributed by atoms with E-state index >= 15 is 0 Å². The lowest BCUT2D eigenvalue weighted by Crippen LogP contribution is -2.48. The van der Waals surface area contributed by atoms with Crippen molar-refractivity contribution in [2.24, 2.45) is 11.0 Å². The van der Waals surface area contributed by atoms with Crippen molar-refractivity contribution in [3.8, 4) is 5.75 Å². The van der Waals surface area contributed by atoms with Crippen LogP contribution in [0.1, 0.15) is 29.8 Å². The van der Waals surface area contributed by atoms with Gasteiger partial charge in [0.15, 0.2) is 6.61 Å². The Balaban J connectivity index is 1.94. The summed E-state index contributed by atoms with van der Waals surface area (Å²) < 4.78 is 5.04. The summed E-state index contributed by atoms with van der Waals surface area (Å²) in [5.74, 6) is -1.70. The Morgan fingerprint density at radius 2 is 1.87 bits per heavy atom. The van der Waals surface area contributed by atoms with Gasteiger partial charge in [-0.3, -0.25) is 9.59 Å². The minimum absolute atomic E-state index is 0.172. The number of nitrogens with zero attached hydrogens (tertiary/aromatic N) is 1. The monoisotopic (exact) mass is 431 g/mol. The maximum absolute atomic E-state index is 12.5. The van der Waals surface area contributed by atoms with Crippen molar-refractivity contribution in [1.82, 2.24) is 10.7 Å². The number of hydrogen-bond acceptors (Lipinski definition) is 5. The van der Waals surface area contributed by atoms with Crippen molar-refractivity contribution in [2.45, 2.75) is 19.9 Å². The van der Waals surface area contributed by atoms with E-state index < -0.39 is 30.4 Å². The number of carboxylic acid groups (broad SMARTS) is 1. The predicted molar refractivity (Wildman–Crippen MR) is 113 cm³/mol. The molecule has 0 aliphatic carbocycles. The van der Waals surface area contributed by atoms with Gasteiger partial charge in [0.2, 0.25) is 0 Å². The van der Waals surface area contributed by atoms with Gasteiger partial charge in [-0.2, -0.15) is 5.10 Å². The minimum atomic E-state index is -1.06. The quantitative estimate of drug-likeness (QED) is 0.417. The number of halogens is 1. The molecule has 0 radical (unpaired) electrons. The van der Waals surface area contributed by atoms with Gasteiger partial charge in [0, 0.05) is 10.6 Å². The number of benzene rings is 2. The maximum atomic E-state index is 12.5. The number of carbonyl (C=O) groups is 3. The number of carbonyl (C=O) groups excluding carboxylic acids is 2. The summed E-state index contributed by atoms with van der Waals surface area (Å²) in [5.41, 5.74) is 3.44. The Labute approximate surface area is 178 Å². The first kappa shape index (κ1) is 22.9. The molecular formula is C21H22ClN3O5. The molecule has 2 aromatic carbocycles. The molecule has 0 aromatic heterocycles. The highest BCUT2D eigenvalue weighted by Gasteiger charge is 2.24. The number of aliphatic carboxylic acids is 1. The van der Waals surface area contributed by atoms with Gasteiger partial charge in [0.1, 0.15) is 11.8 Å². The van der Waals surface area contributed by atoms with Crippen LogP contribution in [0.2, 0.25) is 5.02 Å². The van der Waals surface area contributed by atoms with Gasteiger partial charge in [0.05, 0.1) is 6.21 Å². The normalized spacial score (nSPS) is 11.9. The summed E-state index contributed by atoms with van der Waals surface area (Å²) >= 11 is 5.91. The molecule has 2 aromatic rings. The van der Waals surface area contributed by atoms with Crippen molar-refractivity contribution >= 4 is 35.6 Å². The Bertz CT molecular complexity index is 928. The Morgan fingerprint density at radius 3 is 2.47 bits per heavy atom. The smallest absolute Gasteiger partial charge is 0.341 e. The topological polar surface area (TPSA) is 117 Å². The number of nitrogens with one attached hydrogen (secondary N) is 2. The number of amides is 2. The zero-order chi connectivity index (χ0) is 22.1. The first-order chi connectivity index (χ1) is 14.3. The SMILES string of the molecule is CC(C)C(NC(=O)c1cccc(Cl)c1)C(=O)N/N=C/c1ccc(OCC(=O)O)cc1. The third kappa shape index (κ3) is 7.21. The lowest BCUT2D eigenvalue weighted by molar-refractivity contribution is -0.139. The molecular weight excluding hydrogens is 410 g/mol. The summed E-state index contributed by atoms with van der Waals surface area (Å²) in [7, 11) is 0. The van der Waals surface area contributed by atoms with Crippen LogP contribution in [0, 0.1) is 5.92 Å². The summed E-state index contributed by atoms with van der Waals surface area (Å²) in [6.45, 7) is 3.19. The maximum Gasteiger partial charge on any atom is 0.341 e. The van der Waals surface area contributed by atoms with Crippen LogP contribution in [0.4, 0.5) is 0 Å². The first-order valence-corrected chi connectivity index (χ1v) is 9.48. The summed E-state index contributed by atoms with van der Waals surface area (Å²) in [5, 5.41) is 15.6. The van der Waals surface area contributed by atoms with Crippen LogP contribution in [0.3, 0.4) is 0 Å². The minimum Gasteiger partial charge on any atom is -0.482 e. The molecule has 0 fully saturated rings. The molecule has 1 unspecified atom stereocenters. The van der Waals surface area contributed by atoms with E-state index in [2.05, 4.69) is 15.8 Å². The summed E-state index contributed by atoms with van der Waals surface area (Å²) in [6.07, 6.45) is 1.43. The van der Waals surface area contributed by atoms with E-state index in [9.17, 15) is 14.4 Å². The fourth-order valence-corrected chi connectivity index (χ4v) is 2.61. The molecule has 30 heavy (non-hydrogen) atoms. The molecule has 0 saturated heterocycles. The largest absolute Gasteiger partial charge is 0.482 e. The summed E-state index contributed by atoms with van der Waals surface area (Å²) in [4.78, 5) is 35.4. The van der Waals surface area contributed by atoms with Crippen LogP contribution < -0.4 is 15.5 Å². The third-order valence-corrected chi connectivity index (χ3v) is 4.19. The van der Waals surface area contributed by atoms with Gasteiger partial charge < -0.3 is 15.2 Å². The van der Waals surface area contributed by atoms with Crippen molar-refractivity contribution < 1.29 is 24.2 Å². The van der Waals surface area contributed by atoms with Crippen LogP contribution in [0.25, 0.3) is 0 Å². The van der Waals surface area contributed by atoms with Crippen molar-refractivity contribution in [3.63, 3.8) is 0 Å². The van der Waals surface area contributed by atoms with Gasteiger partial charge in [-0.1, -0.05) is 31.5 Å². The molecule has 0 saturated carbocycles. The molecule has 9 heteroatoms. The molecule has 0 bridgehead atoms. The molecule has 0 spiro atoms. The van der Waals surface area contributed by atoms with Gasteiger partial charge in [-0.05, 0) is 53.9 Å². The zero-order valence-electron chi connectivity index (χ0n) is 16.5. The third-order valence-electron chi connectivity index (χ3n) is 3.95. The highest BCUT2D eigenvalue weighted by molar-refractivity contribution is 6.31. The second-order valence-electron chi connectivity index (χ2n) is 6.69. The number of hydrogen-bond donors (Lipinski definition) is 3. The molecule has 2 rings (SSSR count). The molecule has 1 atom stereocenters. The average molecular weight is 432 g/mol. The van der Waals surface area contributed by atoms with Crippen LogP contribution in [-0.2, 0) is 9.59 Å². The molecule has 158 valence electrons. The Morgan fingerprint density at radius 1 is 1.17 bits per heavy atom. The molecule has 0 heterocycles. The Kier molecular flexibility index (Phi) is 8.37. The Hall–Kier alpha value is -3.39. The van der Waals surface area contributed by atoms with Crippen molar-refractivity contribution in [3.05, 3.63) is 64.7 Å². The van der Waals surface area contributed by atoms with Crippen molar-refractivity contribution in [2.75, 3.05) is 6.61 Å². The van der Waals surface area contributed by atoms with E-state index in [-0.39, 0.29) is 5.92 Å². The van der Waals surface area contributed by atoms with Crippen LogP contribution in [0.15, 0.2) is 53.6 Å². The molecule has 3 N–H and O–H groups in total. The van der Waals surface area contributed by atoms with Gasteiger partial charge >= 0.3 is 5.97 Å². The molecule has 0 aliphatic rings. The summed E-state index contributed by atoms with van der Waals surface area (Å²) in [6, 6.07) is 12.2. The zero-order valence-corrected chi connectivity index (χ0v) is 17.2. The second-order valence-corrected chi connectivity index (χ2v) is 7.13. The predicted octanol–water partition coefficient (Wildman–Crippen LogP) is 2.71. The van der Waals surface area contributed by atoms with Crippen LogP contribution >= 0.6 is 11.6 Å². The first-order valence-electron chi connectivity index (χ1n) is 9.10. The number of hydrazone groups is 1. The molecule has 0 aliphatic heterocycles. The van der Waals surface area contributed by atoms with Gasteiger partial charge in [0.25, 0.3) is 11.8 Å². The number of ether oxygens (including phenoxy) is 1. The molecule has 2 amide bonds. The van der Waals surface area contributed by atoms with E-state index in [1.807, 2.05) is 13.8 Å². The number of carboxylic acids is 1. The van der Waals surface area contributed by atoms with Gasteiger partial charge in [-0.25, -0.2) is 10.2 Å². The highest BCUT2D eigenvalue weighted by atomic mass is 35.5. The van der Waals surface area contributed by atoms with E-state index in [0.29, 0.717) is 21.9 Å². The van der Waals surface area contributed by atoms with E-state index in [1.165, 1.54) is 12.3 Å².